The third-order valence-electron chi connectivity index (χ3n) is 28.9. The van der Waals surface area contributed by atoms with Gasteiger partial charge in [-0.1, -0.05) is 303 Å². The fourth-order valence-corrected chi connectivity index (χ4v) is 19.9. The molecule has 7 atom stereocenters. The van der Waals surface area contributed by atoms with Crippen LogP contribution in [0, 0.1) is 150 Å². The molecule has 2 aliphatic carbocycles. The van der Waals surface area contributed by atoms with E-state index in [1.165, 1.54) is 104 Å². The molecule has 9 heterocycles. The zero-order valence-corrected chi connectivity index (χ0v) is 101. The third-order valence-corrected chi connectivity index (χ3v) is 28.9. The molecule has 5 aromatic carbocycles. The van der Waals surface area contributed by atoms with Crippen LogP contribution in [0.3, 0.4) is 0 Å². The zero-order valence-electron chi connectivity index (χ0n) is 101. The van der Waals surface area contributed by atoms with Crippen molar-refractivity contribution in [1.82, 2.24) is 44.9 Å². The fourth-order valence-electron chi connectivity index (χ4n) is 19.9. The van der Waals surface area contributed by atoms with Gasteiger partial charge in [0.15, 0.2) is 11.5 Å². The Kier molecular flexibility index (Phi) is 44.4. The van der Waals surface area contributed by atoms with Gasteiger partial charge < -0.3 is 29.2 Å². The van der Waals surface area contributed by atoms with Crippen LogP contribution in [0.4, 0.5) is 5.69 Å². The van der Waals surface area contributed by atoms with Crippen LogP contribution in [0.15, 0.2) is 125 Å². The van der Waals surface area contributed by atoms with Crippen molar-refractivity contribution >= 4 is 39.5 Å². The average molecular weight is 2000 g/mol. The minimum Gasteiger partial charge on any atom is -0.454 e. The monoisotopic (exact) mass is 2000 g/mol. The first-order chi connectivity index (χ1) is 66.9. The summed E-state index contributed by atoms with van der Waals surface area (Å²) in [4.78, 5) is 66.4. The van der Waals surface area contributed by atoms with Crippen LogP contribution in [0.1, 0.15) is 439 Å². The van der Waals surface area contributed by atoms with E-state index in [0.717, 1.165) is 121 Å². The summed E-state index contributed by atoms with van der Waals surface area (Å²) < 4.78 is 15.8. The highest BCUT2D eigenvalue weighted by atomic mass is 16.7. The van der Waals surface area contributed by atoms with Crippen LogP contribution >= 0.6 is 0 Å². The molecule has 2 amide bonds. The number of para-hydroxylation sites is 1. The van der Waals surface area contributed by atoms with Gasteiger partial charge in [0.25, 0.3) is 17.2 Å². The van der Waals surface area contributed by atoms with E-state index in [2.05, 4.69) is 383 Å². The molecule has 6 aromatic heterocycles. The lowest BCUT2D eigenvalue weighted by molar-refractivity contribution is -0.117. The highest BCUT2D eigenvalue weighted by molar-refractivity contribution is 5.97. The highest BCUT2D eigenvalue weighted by Crippen LogP contribution is 2.54. The number of aryl methyl sites for hydroxylation is 11. The Hall–Kier alpha value is -10.2. The number of rotatable bonds is 0. The number of H-pyrrole nitrogens is 1. The van der Waals surface area contributed by atoms with Gasteiger partial charge in [0, 0.05) is 82.7 Å². The number of amides is 2. The normalized spacial score (nSPS) is 17.4. The molecule has 146 heavy (non-hydrogen) atoms. The molecule has 16 rings (SSSR count). The summed E-state index contributed by atoms with van der Waals surface area (Å²) in [5.41, 5.74) is 32.5. The predicted molar refractivity (Wildman–Crippen MR) is 623 cm³/mol. The molecule has 5 aliphatic rings. The molecule has 16 heteroatoms. The second-order valence-corrected chi connectivity index (χ2v) is 52.1. The summed E-state index contributed by atoms with van der Waals surface area (Å²) in [7, 11) is 1.89. The van der Waals surface area contributed by atoms with E-state index in [1.807, 2.05) is 136 Å². The molecule has 0 radical (unpaired) electrons. The number of ether oxygens (including phenoxy) is 2. The van der Waals surface area contributed by atoms with Gasteiger partial charge in [0.1, 0.15) is 11.6 Å². The Balaban J connectivity index is 0.000000285. The van der Waals surface area contributed by atoms with Crippen molar-refractivity contribution in [3.63, 3.8) is 0 Å². The van der Waals surface area contributed by atoms with Crippen molar-refractivity contribution in [1.29, 1.82) is 0 Å². The van der Waals surface area contributed by atoms with Gasteiger partial charge in [0.2, 0.25) is 12.7 Å². The first kappa shape index (κ1) is 126. The Morgan fingerprint density at radius 1 is 0.432 bits per heavy atom. The van der Waals surface area contributed by atoms with Gasteiger partial charge in [-0.25, -0.2) is 19.9 Å². The standard InChI is InChI=1S/C15H21NO.C15H28.C14H19NO.C14H22.C13H16N2O.C12H16N2O.C11H18N2.C11H17N.C11H14O2.C10H15N.2C2H6/c1-9-6-11-12(15(3,4)5)8-14(17)16-13(11)7-10(9)2;1-10-6-12-9-13(15(3,4)5)8-11(2)14(12)7-10;1-14(2,3)12-9-15(4)13(16)11-8-6-5-7-10(11)12;1-9-8-13(14(5,6)7)12(4)11(3)10(9)2;1-8-14-11-9(12(16)15-8)6-5-7-10(11)13(2,3)4;1-7-6-9(12(3,4)5)10-8(2)14-15-11(10)13-7;1-7-8(2)12-9(3)13-10(7)11(4,5)6;1-8-6-10(11(3,4)5)7-9(2)12-8;1-11(2,3)8-4-5-9-10(6-8)13-7-12-9;1-8-5-6-11-9(7-8)10(2,3)4;2*1-2/h6-7,12H,8H2,1-5H3,(H,16,17);10-14H,6-9H2,1-5H3;5-8,12H,9H2,1-4H3;8H,1-7H3;5-7H,1-4H3,(H,14,15,16);6H,1-5H3;1-6H3;6-7H,1-5H3;4-6H,7H2,1-3H3;5-7H,1-4H3;2*1-2H3. The number of nitrogens with one attached hydrogen (secondary N) is 2. The Labute approximate surface area is 886 Å². The highest BCUT2D eigenvalue weighted by Gasteiger charge is 2.44. The number of hydrogen-bond donors (Lipinski definition) is 2. The number of fused-ring (bicyclic) bond motifs is 6. The number of carbonyl (C=O) groups is 2. The van der Waals surface area contributed by atoms with Crippen LogP contribution in [-0.2, 0) is 42.7 Å². The quantitative estimate of drug-likeness (QED) is 0.145. The molecule has 16 nitrogen and oxygen atoms in total. The second kappa shape index (κ2) is 51.3. The van der Waals surface area contributed by atoms with Gasteiger partial charge in [-0.15, -0.1) is 0 Å². The van der Waals surface area contributed by atoms with Crippen LogP contribution in [-0.4, -0.2) is 77.1 Å². The first-order valence-corrected chi connectivity index (χ1v) is 54.1. The van der Waals surface area contributed by atoms with Crippen molar-refractivity contribution in [2.75, 3.05) is 25.7 Å². The number of pyridine rings is 3. The Morgan fingerprint density at radius 2 is 0.986 bits per heavy atom. The van der Waals surface area contributed by atoms with Crippen LogP contribution < -0.4 is 20.3 Å². The fraction of sp³-hybridized carbons (Fsp3) is 0.585. The summed E-state index contributed by atoms with van der Waals surface area (Å²) in [6.07, 6.45) is 8.50. The Bertz CT molecular complexity index is 6190. The smallest absolute Gasteiger partial charge is 0.258 e. The number of nitrogens with zero attached hydrogens (tertiary/aromatic N) is 8. The minimum atomic E-state index is -0.0615. The van der Waals surface area contributed by atoms with Gasteiger partial charge >= 0.3 is 0 Å². The summed E-state index contributed by atoms with van der Waals surface area (Å²) >= 11 is 0. The molecular formula is C130H198N10O6. The molecule has 0 bridgehead atoms. The molecule has 804 valence electrons. The van der Waals surface area contributed by atoms with Crippen LogP contribution in [0.5, 0.6) is 11.5 Å². The van der Waals surface area contributed by atoms with Gasteiger partial charge in [0.05, 0.1) is 27.7 Å². The third kappa shape index (κ3) is 35.8. The Morgan fingerprint density at radius 3 is 1.51 bits per heavy atom. The lowest BCUT2D eigenvalue weighted by Gasteiger charge is -2.43. The lowest BCUT2D eigenvalue weighted by Crippen LogP contribution is -2.41. The van der Waals surface area contributed by atoms with Crippen molar-refractivity contribution in [2.24, 2.45) is 45.8 Å². The predicted octanol–water partition coefficient (Wildman–Crippen LogP) is 34.5. The molecule has 11 aromatic rings. The number of carbonyl (C=O) groups excluding carboxylic acids is 2. The molecule has 7 unspecified atom stereocenters. The molecule has 2 saturated carbocycles. The van der Waals surface area contributed by atoms with E-state index < -0.39 is 0 Å². The van der Waals surface area contributed by atoms with Crippen molar-refractivity contribution in [2.45, 2.75) is 435 Å². The average Bonchev–Trinajstić information content (AvgIpc) is 1.38. The lowest BCUT2D eigenvalue weighted by atomic mass is 9.63. The van der Waals surface area contributed by atoms with Crippen molar-refractivity contribution in [3.8, 4) is 11.5 Å². The minimum absolute atomic E-state index is 0.00720. The van der Waals surface area contributed by atoms with E-state index in [4.69, 9.17) is 14.0 Å². The van der Waals surface area contributed by atoms with E-state index in [0.29, 0.717) is 47.4 Å². The van der Waals surface area contributed by atoms with Crippen molar-refractivity contribution < 1.29 is 23.6 Å². The number of hydrogen-bond acceptors (Lipinski definition) is 13. The molecular weight excluding hydrogens is 1800 g/mol. The summed E-state index contributed by atoms with van der Waals surface area (Å²) in [6, 6.07) is 37.2. The number of aromatic nitrogens is 8. The summed E-state index contributed by atoms with van der Waals surface area (Å²) in [5.74, 6) is 9.36. The maximum Gasteiger partial charge on any atom is 0.258 e. The van der Waals surface area contributed by atoms with Gasteiger partial charge in [-0.2, -0.15) is 0 Å². The van der Waals surface area contributed by atoms with Crippen LogP contribution in [0.25, 0.3) is 22.0 Å². The van der Waals surface area contributed by atoms with E-state index in [1.54, 1.807) is 6.92 Å². The van der Waals surface area contributed by atoms with E-state index in [-0.39, 0.29) is 66.1 Å². The number of benzene rings is 5. The van der Waals surface area contributed by atoms with Crippen molar-refractivity contribution in [3.05, 3.63) is 266 Å². The molecule has 3 aliphatic heterocycles. The number of anilines is 1. The molecule has 2 N–H and O–H groups in total. The first-order valence-electron chi connectivity index (χ1n) is 54.1. The van der Waals surface area contributed by atoms with Crippen LogP contribution in [0.2, 0.25) is 0 Å². The van der Waals surface area contributed by atoms with Gasteiger partial charge in [-0.3, -0.25) is 24.4 Å². The second-order valence-electron chi connectivity index (χ2n) is 52.1. The topological polar surface area (TPSA) is 204 Å². The number of likely N-dealkylation sites (N-methyl/N-ethyl adjacent to an activating group) is 1. The summed E-state index contributed by atoms with van der Waals surface area (Å²) in [5, 5.41) is 8.69. The summed E-state index contributed by atoms with van der Waals surface area (Å²) in [6.45, 7) is 112. The van der Waals surface area contributed by atoms with E-state index in [9.17, 15) is 14.4 Å². The molecule has 0 saturated heterocycles. The maximum absolute atomic E-state index is 12.0. The van der Waals surface area contributed by atoms with E-state index >= 15 is 0 Å². The SMILES string of the molecule is CC.CC.CC(C)(C)c1ccc2c(c1)OCO2.CC1CC2CC(C(C)(C)C)CC(C)C2C1.CN1CC(C(C)(C)C)c2ccccc2C1=O.Cc1cc(C(C)(C)C)c(C)c(C)c1C.Cc1cc(C(C)(C)C)c2c(C)noc2n1.Cc1cc(C(C)(C)C)cc(C)n1.Cc1cc2c(cc1C)C(C(C)(C)C)CC(=O)N2.Cc1ccnc(C(C)(C)C)c1.Cc1nc(C)c(C)c(C(C)(C)C)n1.Cc1nc2c(C(C)(C)C)cccc2c(=O)[nH]1. The maximum atomic E-state index is 12.0. The molecule has 0 spiro atoms. The molecule has 2 fully saturated rings. The number of aromatic amines is 1. The largest absolute Gasteiger partial charge is 0.454 e. The zero-order chi connectivity index (χ0) is 112. The van der Waals surface area contributed by atoms with Gasteiger partial charge in [-0.05, 0) is 352 Å².